The third-order valence-corrected chi connectivity index (χ3v) is 3.55. The predicted molar refractivity (Wildman–Crippen MR) is 83.4 cm³/mol. The van der Waals surface area contributed by atoms with E-state index in [4.69, 9.17) is 5.11 Å². The van der Waals surface area contributed by atoms with Gasteiger partial charge >= 0.3 is 5.97 Å². The van der Waals surface area contributed by atoms with Gasteiger partial charge in [0.15, 0.2) is 0 Å². The molecule has 112 valence electrons. The summed E-state index contributed by atoms with van der Waals surface area (Å²) in [4.78, 5) is 22.6. The molecule has 0 amide bonds. The number of benzene rings is 2. The third-order valence-electron chi connectivity index (χ3n) is 3.55. The Morgan fingerprint density at radius 2 is 1.96 bits per heavy atom. The van der Waals surface area contributed by atoms with Crippen LogP contribution < -0.4 is 0 Å². The molecule has 0 fully saturated rings. The number of nitrogens with zero attached hydrogens (tertiary/aromatic N) is 4. The Labute approximate surface area is 130 Å². The first-order valence-corrected chi connectivity index (χ1v) is 6.89. The van der Waals surface area contributed by atoms with E-state index in [2.05, 4.69) is 20.1 Å². The topological polar surface area (TPSA) is 96.7 Å². The number of fused-ring (bicyclic) bond motifs is 1. The van der Waals surface area contributed by atoms with E-state index in [1.807, 2.05) is 24.3 Å². The zero-order chi connectivity index (χ0) is 15.8. The van der Waals surface area contributed by atoms with Gasteiger partial charge in [-0.2, -0.15) is 5.10 Å². The normalized spacial score (nSPS) is 11.0. The van der Waals surface area contributed by atoms with Gasteiger partial charge in [0.2, 0.25) is 0 Å². The summed E-state index contributed by atoms with van der Waals surface area (Å²) in [6, 6.07) is 12.5. The van der Waals surface area contributed by atoms with Gasteiger partial charge in [-0.05, 0) is 42.5 Å². The SMILES string of the molecule is O=C(O)c1ccc2nc(-c3ccc(-n4cncn4)cc3)[nH]c2c1. The summed E-state index contributed by atoms with van der Waals surface area (Å²) in [5.41, 5.74) is 3.46. The molecular weight excluding hydrogens is 294 g/mol. The zero-order valence-electron chi connectivity index (χ0n) is 11.8. The Balaban J connectivity index is 1.72. The molecule has 7 heteroatoms. The highest BCUT2D eigenvalue weighted by Gasteiger charge is 2.09. The fraction of sp³-hybridized carbons (Fsp3) is 0. The van der Waals surface area contributed by atoms with Gasteiger partial charge in [0.05, 0.1) is 22.3 Å². The molecule has 7 nitrogen and oxygen atoms in total. The quantitative estimate of drug-likeness (QED) is 0.606. The van der Waals surface area contributed by atoms with Crippen LogP contribution in [0.3, 0.4) is 0 Å². The highest BCUT2D eigenvalue weighted by atomic mass is 16.4. The number of rotatable bonds is 3. The van der Waals surface area contributed by atoms with Crippen LogP contribution in [0.1, 0.15) is 10.4 Å². The molecule has 23 heavy (non-hydrogen) atoms. The van der Waals surface area contributed by atoms with Crippen molar-refractivity contribution in [3.63, 3.8) is 0 Å². The lowest BCUT2D eigenvalue weighted by Gasteiger charge is -2.01. The first kappa shape index (κ1) is 13.2. The van der Waals surface area contributed by atoms with Crippen LogP contribution in [0.4, 0.5) is 0 Å². The van der Waals surface area contributed by atoms with Crippen molar-refractivity contribution in [2.24, 2.45) is 0 Å². The molecule has 4 rings (SSSR count). The van der Waals surface area contributed by atoms with E-state index in [-0.39, 0.29) is 5.56 Å². The maximum absolute atomic E-state index is 11.0. The number of aromatic amines is 1. The number of carbonyl (C=O) groups is 1. The van der Waals surface area contributed by atoms with Crippen molar-refractivity contribution in [1.29, 1.82) is 0 Å². The molecule has 0 radical (unpaired) electrons. The summed E-state index contributed by atoms with van der Waals surface area (Å²) in [5.74, 6) is -0.270. The van der Waals surface area contributed by atoms with Crippen molar-refractivity contribution >= 4 is 17.0 Å². The number of hydrogen-bond donors (Lipinski definition) is 2. The number of imidazole rings is 1. The third kappa shape index (κ3) is 2.34. The van der Waals surface area contributed by atoms with Crippen LogP contribution in [0, 0.1) is 0 Å². The van der Waals surface area contributed by atoms with Gasteiger partial charge in [-0.25, -0.2) is 19.4 Å². The van der Waals surface area contributed by atoms with Gasteiger partial charge < -0.3 is 10.1 Å². The molecule has 0 aliphatic heterocycles. The van der Waals surface area contributed by atoms with Gasteiger partial charge in [-0.1, -0.05) is 0 Å². The van der Waals surface area contributed by atoms with Crippen molar-refractivity contribution in [1.82, 2.24) is 24.7 Å². The van der Waals surface area contributed by atoms with E-state index < -0.39 is 5.97 Å². The summed E-state index contributed by atoms with van der Waals surface area (Å²) in [6.07, 6.45) is 3.11. The van der Waals surface area contributed by atoms with Crippen molar-refractivity contribution in [2.45, 2.75) is 0 Å². The number of carboxylic acid groups (broad SMARTS) is 1. The molecule has 0 spiro atoms. The number of nitrogens with one attached hydrogen (secondary N) is 1. The molecule has 2 N–H and O–H groups in total. The lowest BCUT2D eigenvalue weighted by Crippen LogP contribution is -1.94. The predicted octanol–water partition coefficient (Wildman–Crippen LogP) is 2.51. The van der Waals surface area contributed by atoms with E-state index >= 15 is 0 Å². The zero-order valence-corrected chi connectivity index (χ0v) is 11.8. The van der Waals surface area contributed by atoms with Gasteiger partial charge in [-0.15, -0.1) is 0 Å². The second-order valence-electron chi connectivity index (χ2n) is 5.01. The molecule has 0 aliphatic carbocycles. The molecule has 4 aromatic rings. The molecule has 2 heterocycles. The first-order chi connectivity index (χ1) is 11.2. The summed E-state index contributed by atoms with van der Waals surface area (Å²) < 4.78 is 1.67. The van der Waals surface area contributed by atoms with Crippen molar-refractivity contribution in [2.75, 3.05) is 0 Å². The first-order valence-electron chi connectivity index (χ1n) is 6.89. The number of aromatic carboxylic acids is 1. The average molecular weight is 305 g/mol. The van der Waals surface area contributed by atoms with Crippen LogP contribution in [0.25, 0.3) is 28.1 Å². The number of H-pyrrole nitrogens is 1. The number of aromatic nitrogens is 5. The van der Waals surface area contributed by atoms with E-state index in [9.17, 15) is 4.79 Å². The summed E-state index contributed by atoms with van der Waals surface area (Å²) in [6.45, 7) is 0. The average Bonchev–Trinajstić information content (AvgIpc) is 3.23. The Bertz CT molecular complexity index is 987. The molecule has 2 aromatic heterocycles. The standard InChI is InChI=1S/C16H11N5O2/c22-16(23)11-3-6-13-14(7-11)20-15(19-13)10-1-4-12(5-2-10)21-9-17-8-18-21/h1-9H,(H,19,20)(H,22,23). The Morgan fingerprint density at radius 3 is 2.65 bits per heavy atom. The highest BCUT2D eigenvalue weighted by molar-refractivity contribution is 5.93. The lowest BCUT2D eigenvalue weighted by molar-refractivity contribution is 0.0697. The van der Waals surface area contributed by atoms with Crippen molar-refractivity contribution in [3.05, 3.63) is 60.7 Å². The minimum atomic E-state index is -0.958. The molecule has 0 aliphatic rings. The lowest BCUT2D eigenvalue weighted by atomic mass is 10.2. The molecule has 0 bridgehead atoms. The molecule has 0 saturated carbocycles. The van der Waals surface area contributed by atoms with Crippen LogP contribution in [-0.4, -0.2) is 35.8 Å². The molecule has 0 atom stereocenters. The molecule has 0 unspecified atom stereocenters. The van der Waals surface area contributed by atoms with E-state index in [0.717, 1.165) is 16.8 Å². The maximum Gasteiger partial charge on any atom is 0.335 e. The van der Waals surface area contributed by atoms with Gasteiger partial charge in [-0.3, -0.25) is 0 Å². The Morgan fingerprint density at radius 1 is 1.13 bits per heavy atom. The number of hydrogen-bond acceptors (Lipinski definition) is 4. The van der Waals surface area contributed by atoms with Crippen LogP contribution >= 0.6 is 0 Å². The van der Waals surface area contributed by atoms with Crippen LogP contribution in [-0.2, 0) is 0 Å². The summed E-state index contributed by atoms with van der Waals surface area (Å²) >= 11 is 0. The maximum atomic E-state index is 11.0. The van der Waals surface area contributed by atoms with Gasteiger partial charge in [0.25, 0.3) is 0 Å². The minimum absolute atomic E-state index is 0.231. The summed E-state index contributed by atoms with van der Waals surface area (Å²) in [7, 11) is 0. The second-order valence-corrected chi connectivity index (χ2v) is 5.01. The molecular formula is C16H11N5O2. The highest BCUT2D eigenvalue weighted by Crippen LogP contribution is 2.22. The van der Waals surface area contributed by atoms with Crippen LogP contribution in [0.5, 0.6) is 0 Å². The van der Waals surface area contributed by atoms with E-state index in [1.54, 1.807) is 29.2 Å². The smallest absolute Gasteiger partial charge is 0.335 e. The van der Waals surface area contributed by atoms with Gasteiger partial charge in [0.1, 0.15) is 18.5 Å². The second kappa shape index (κ2) is 5.06. The van der Waals surface area contributed by atoms with Crippen LogP contribution in [0.2, 0.25) is 0 Å². The molecule has 2 aromatic carbocycles. The Kier molecular flexibility index (Phi) is 2.90. The van der Waals surface area contributed by atoms with E-state index in [0.29, 0.717) is 11.3 Å². The van der Waals surface area contributed by atoms with Crippen molar-refractivity contribution < 1.29 is 9.90 Å². The van der Waals surface area contributed by atoms with Crippen LogP contribution in [0.15, 0.2) is 55.1 Å². The largest absolute Gasteiger partial charge is 0.478 e. The number of carboxylic acids is 1. The molecule has 0 saturated heterocycles. The minimum Gasteiger partial charge on any atom is -0.478 e. The summed E-state index contributed by atoms with van der Waals surface area (Å²) in [5, 5.41) is 13.1. The fourth-order valence-corrected chi connectivity index (χ4v) is 2.39. The van der Waals surface area contributed by atoms with Gasteiger partial charge in [0, 0.05) is 5.56 Å². The Hall–Kier alpha value is -3.48. The fourth-order valence-electron chi connectivity index (χ4n) is 2.39. The monoisotopic (exact) mass is 305 g/mol. The van der Waals surface area contributed by atoms with E-state index in [1.165, 1.54) is 6.33 Å². The van der Waals surface area contributed by atoms with Crippen molar-refractivity contribution in [3.8, 4) is 17.1 Å².